The van der Waals surface area contributed by atoms with Crippen molar-refractivity contribution < 1.29 is 28.5 Å². The molecule has 0 radical (unpaired) electrons. The van der Waals surface area contributed by atoms with Crippen molar-refractivity contribution in [2.75, 3.05) is 47.1 Å². The molecule has 9 nitrogen and oxygen atoms in total. The minimum absolute atomic E-state index is 0.140. The second-order valence-electron chi connectivity index (χ2n) is 5.08. The summed E-state index contributed by atoms with van der Waals surface area (Å²) in [5.41, 5.74) is 10.9. The largest absolute Gasteiger partial charge is 0.493 e. The molecular weight excluding hydrogens is 330 g/mol. The van der Waals surface area contributed by atoms with E-state index >= 15 is 0 Å². The van der Waals surface area contributed by atoms with Crippen molar-refractivity contribution in [3.8, 4) is 11.5 Å². The van der Waals surface area contributed by atoms with Gasteiger partial charge in [-0.25, -0.2) is 9.59 Å². The minimum atomic E-state index is -0.831. The van der Waals surface area contributed by atoms with Gasteiger partial charge in [-0.3, -0.25) is 4.90 Å². The summed E-state index contributed by atoms with van der Waals surface area (Å²) in [6.45, 7) is 1.78. The molecule has 0 unspecified atom stereocenters. The molecule has 1 aromatic rings. The number of rotatable bonds is 11. The molecule has 25 heavy (non-hydrogen) atoms. The lowest BCUT2D eigenvalue weighted by Gasteiger charge is -2.22. The number of primary amides is 2. The molecule has 0 saturated heterocycles. The van der Waals surface area contributed by atoms with Gasteiger partial charge in [0.15, 0.2) is 11.5 Å². The summed E-state index contributed by atoms with van der Waals surface area (Å²) in [6, 6.07) is 5.65. The van der Waals surface area contributed by atoms with Gasteiger partial charge in [0.1, 0.15) is 13.2 Å². The average Bonchev–Trinajstić information content (AvgIpc) is 2.57. The van der Waals surface area contributed by atoms with Crippen molar-refractivity contribution in [2.45, 2.75) is 6.42 Å². The van der Waals surface area contributed by atoms with Crippen molar-refractivity contribution in [3.05, 3.63) is 23.8 Å². The van der Waals surface area contributed by atoms with E-state index in [-0.39, 0.29) is 13.2 Å². The van der Waals surface area contributed by atoms with E-state index in [1.54, 1.807) is 14.2 Å². The van der Waals surface area contributed by atoms with E-state index in [1.165, 1.54) is 0 Å². The number of nitrogens with zero attached hydrogens (tertiary/aromatic N) is 1. The van der Waals surface area contributed by atoms with Crippen molar-refractivity contribution in [1.82, 2.24) is 4.90 Å². The summed E-state index contributed by atoms with van der Waals surface area (Å²) in [5, 5.41) is 0. The molecule has 0 bridgehead atoms. The monoisotopic (exact) mass is 355 g/mol. The van der Waals surface area contributed by atoms with Crippen molar-refractivity contribution in [3.63, 3.8) is 0 Å². The van der Waals surface area contributed by atoms with E-state index in [9.17, 15) is 9.59 Å². The van der Waals surface area contributed by atoms with E-state index in [0.717, 1.165) is 5.56 Å². The number of methoxy groups -OCH3 is 2. The maximum Gasteiger partial charge on any atom is 0.404 e. The predicted octanol–water partition coefficient (Wildman–Crippen LogP) is 0.739. The number of para-hydroxylation sites is 1. The van der Waals surface area contributed by atoms with Crippen LogP contribution in [0, 0.1) is 0 Å². The van der Waals surface area contributed by atoms with Crippen LogP contribution in [0.4, 0.5) is 9.59 Å². The lowest BCUT2D eigenvalue weighted by Crippen LogP contribution is -2.34. The zero-order valence-electron chi connectivity index (χ0n) is 14.5. The Morgan fingerprint density at radius 2 is 1.56 bits per heavy atom. The first-order chi connectivity index (χ1) is 12.0. The molecule has 9 heteroatoms. The fraction of sp³-hybridized carbons (Fsp3) is 0.500. The van der Waals surface area contributed by atoms with Gasteiger partial charge in [0.2, 0.25) is 0 Å². The van der Waals surface area contributed by atoms with Crippen LogP contribution in [0.25, 0.3) is 0 Å². The van der Waals surface area contributed by atoms with Crippen LogP contribution in [-0.4, -0.2) is 64.2 Å². The van der Waals surface area contributed by atoms with Gasteiger partial charge in [-0.15, -0.1) is 0 Å². The van der Waals surface area contributed by atoms with Crippen LogP contribution in [-0.2, 0) is 15.9 Å². The first-order valence-electron chi connectivity index (χ1n) is 7.74. The Kier molecular flexibility index (Phi) is 8.94. The summed E-state index contributed by atoms with van der Waals surface area (Å²) < 4.78 is 20.2. The van der Waals surface area contributed by atoms with E-state index < -0.39 is 12.2 Å². The normalized spacial score (nSPS) is 10.4. The maximum atomic E-state index is 10.7. The number of nitrogens with two attached hydrogens (primary N) is 2. The molecule has 0 aliphatic rings. The zero-order chi connectivity index (χ0) is 18.7. The summed E-state index contributed by atoms with van der Waals surface area (Å²) in [4.78, 5) is 23.3. The van der Waals surface area contributed by atoms with E-state index in [4.69, 9.17) is 30.4 Å². The fourth-order valence-corrected chi connectivity index (χ4v) is 2.32. The minimum Gasteiger partial charge on any atom is -0.493 e. The van der Waals surface area contributed by atoms with Crippen molar-refractivity contribution in [2.24, 2.45) is 11.5 Å². The Bertz CT molecular complexity index is 547. The van der Waals surface area contributed by atoms with Crippen LogP contribution in [0.15, 0.2) is 18.2 Å². The molecule has 0 aliphatic heterocycles. The van der Waals surface area contributed by atoms with Crippen LogP contribution in [0.2, 0.25) is 0 Å². The second kappa shape index (κ2) is 11.0. The third-order valence-electron chi connectivity index (χ3n) is 3.49. The highest BCUT2D eigenvalue weighted by molar-refractivity contribution is 5.64. The molecule has 1 rings (SSSR count). The van der Waals surface area contributed by atoms with Crippen LogP contribution in [0.5, 0.6) is 11.5 Å². The highest BCUT2D eigenvalue weighted by Gasteiger charge is 2.12. The third-order valence-corrected chi connectivity index (χ3v) is 3.49. The van der Waals surface area contributed by atoms with E-state index in [2.05, 4.69) is 0 Å². The maximum absolute atomic E-state index is 10.7. The van der Waals surface area contributed by atoms with Gasteiger partial charge in [-0.1, -0.05) is 12.1 Å². The van der Waals surface area contributed by atoms with Gasteiger partial charge in [0, 0.05) is 19.6 Å². The average molecular weight is 355 g/mol. The van der Waals surface area contributed by atoms with Crippen LogP contribution in [0.3, 0.4) is 0 Å². The fourth-order valence-electron chi connectivity index (χ4n) is 2.32. The molecular formula is C16H25N3O6. The Hall–Kier alpha value is -2.68. The standard InChI is InChI=1S/C16H25N3O6/c1-22-13-5-3-4-12(14(13)23-2)6-7-19(8-10-24-15(17)20)9-11-25-16(18)21/h3-5H,6-11H2,1-2H3,(H2,17,20)(H2,18,21). The van der Waals surface area contributed by atoms with Gasteiger partial charge in [0.05, 0.1) is 14.2 Å². The van der Waals surface area contributed by atoms with Crippen LogP contribution in [0.1, 0.15) is 5.56 Å². The van der Waals surface area contributed by atoms with E-state index in [0.29, 0.717) is 37.6 Å². The third kappa shape index (κ3) is 7.62. The van der Waals surface area contributed by atoms with Gasteiger partial charge in [-0.2, -0.15) is 0 Å². The second-order valence-corrected chi connectivity index (χ2v) is 5.08. The van der Waals surface area contributed by atoms with Gasteiger partial charge >= 0.3 is 12.2 Å². The lowest BCUT2D eigenvalue weighted by atomic mass is 10.1. The highest BCUT2D eigenvalue weighted by atomic mass is 16.5. The van der Waals surface area contributed by atoms with Crippen LogP contribution >= 0.6 is 0 Å². The number of amides is 2. The molecule has 140 valence electrons. The number of benzene rings is 1. The zero-order valence-corrected chi connectivity index (χ0v) is 14.5. The SMILES string of the molecule is COc1cccc(CCN(CCOC(N)=O)CCOC(N)=O)c1OC. The van der Waals surface area contributed by atoms with Gasteiger partial charge in [-0.05, 0) is 18.1 Å². The molecule has 0 saturated carbocycles. The molecule has 0 fully saturated rings. The number of hydrogen-bond acceptors (Lipinski definition) is 7. The first kappa shape index (κ1) is 20.4. The topological polar surface area (TPSA) is 126 Å². The molecule has 0 aromatic heterocycles. The summed E-state index contributed by atoms with van der Waals surface area (Å²) in [6.07, 6.45) is -1.00. The summed E-state index contributed by atoms with van der Waals surface area (Å²) in [7, 11) is 3.16. The number of hydrogen-bond donors (Lipinski definition) is 2. The van der Waals surface area contributed by atoms with Gasteiger partial charge < -0.3 is 30.4 Å². The number of carbonyl (C=O) groups excluding carboxylic acids is 2. The Morgan fingerprint density at radius 3 is 2.04 bits per heavy atom. The highest BCUT2D eigenvalue weighted by Crippen LogP contribution is 2.30. The van der Waals surface area contributed by atoms with Crippen molar-refractivity contribution >= 4 is 12.2 Å². The summed E-state index contributed by atoms with van der Waals surface area (Å²) >= 11 is 0. The van der Waals surface area contributed by atoms with Crippen LogP contribution < -0.4 is 20.9 Å². The molecule has 1 aromatic carbocycles. The number of ether oxygens (including phenoxy) is 4. The summed E-state index contributed by atoms with van der Waals surface area (Å²) in [5.74, 6) is 1.33. The smallest absolute Gasteiger partial charge is 0.404 e. The lowest BCUT2D eigenvalue weighted by molar-refractivity contribution is 0.114. The molecule has 0 atom stereocenters. The molecule has 0 spiro atoms. The Labute approximate surface area is 146 Å². The first-order valence-corrected chi connectivity index (χ1v) is 7.74. The predicted molar refractivity (Wildman–Crippen MR) is 90.8 cm³/mol. The quantitative estimate of drug-likeness (QED) is 0.599. The molecule has 2 amide bonds. The van der Waals surface area contributed by atoms with Gasteiger partial charge in [0.25, 0.3) is 0 Å². The molecule has 0 aliphatic carbocycles. The van der Waals surface area contributed by atoms with E-state index in [1.807, 2.05) is 23.1 Å². The molecule has 4 N–H and O–H groups in total. The molecule has 0 heterocycles. The Morgan fingerprint density at radius 1 is 0.960 bits per heavy atom. The number of carbonyl (C=O) groups is 2. The Balaban J connectivity index is 2.66. The van der Waals surface area contributed by atoms with Crippen molar-refractivity contribution in [1.29, 1.82) is 0 Å².